The molecule has 1 aromatic carbocycles. The van der Waals surface area contributed by atoms with Crippen LogP contribution in [0.1, 0.15) is 33.1 Å². The maximum atomic E-state index is 12.8. The standard InChI is InChI=1S/C17H23N3O3S2/c1-13(2)12-24-17-19-18-16(23-17)14-7-6-8-15(11-14)25(21,22)20-9-4-3-5-10-20/h6-8,11,13H,3-5,9-10,12H2,1-2H3. The van der Waals surface area contributed by atoms with Gasteiger partial charge >= 0.3 is 0 Å². The van der Waals surface area contributed by atoms with Crippen LogP contribution in [0, 0.1) is 5.92 Å². The number of sulfonamides is 1. The van der Waals surface area contributed by atoms with Gasteiger partial charge in [0.15, 0.2) is 0 Å². The number of hydrogen-bond acceptors (Lipinski definition) is 6. The number of benzene rings is 1. The smallest absolute Gasteiger partial charge is 0.276 e. The van der Waals surface area contributed by atoms with E-state index in [1.165, 1.54) is 11.8 Å². The molecule has 0 radical (unpaired) electrons. The van der Waals surface area contributed by atoms with Gasteiger partial charge in [-0.25, -0.2) is 8.42 Å². The Morgan fingerprint density at radius 3 is 2.68 bits per heavy atom. The first-order valence-electron chi connectivity index (χ1n) is 8.54. The predicted molar refractivity (Wildman–Crippen MR) is 97.9 cm³/mol. The zero-order valence-corrected chi connectivity index (χ0v) is 16.1. The van der Waals surface area contributed by atoms with Crippen molar-refractivity contribution in [1.29, 1.82) is 0 Å². The third-order valence-corrected chi connectivity index (χ3v) is 7.12. The van der Waals surface area contributed by atoms with E-state index in [9.17, 15) is 8.42 Å². The second-order valence-corrected chi connectivity index (χ2v) is 9.48. The van der Waals surface area contributed by atoms with Crippen molar-refractivity contribution in [2.45, 2.75) is 43.2 Å². The van der Waals surface area contributed by atoms with Crippen molar-refractivity contribution < 1.29 is 12.8 Å². The van der Waals surface area contributed by atoms with Crippen molar-refractivity contribution in [3.8, 4) is 11.5 Å². The van der Waals surface area contributed by atoms with Crippen LogP contribution in [0.2, 0.25) is 0 Å². The van der Waals surface area contributed by atoms with Gasteiger partial charge < -0.3 is 4.42 Å². The van der Waals surface area contributed by atoms with Crippen LogP contribution in [0.15, 0.2) is 38.8 Å². The number of thioether (sulfide) groups is 1. The highest BCUT2D eigenvalue weighted by atomic mass is 32.2. The van der Waals surface area contributed by atoms with Crippen LogP contribution in [0.4, 0.5) is 0 Å². The summed E-state index contributed by atoms with van der Waals surface area (Å²) in [5, 5.41) is 8.59. The van der Waals surface area contributed by atoms with Gasteiger partial charge in [0.1, 0.15) is 0 Å². The lowest BCUT2D eigenvalue weighted by atomic mass is 10.2. The predicted octanol–water partition coefficient (Wildman–Crippen LogP) is 3.66. The maximum Gasteiger partial charge on any atom is 0.276 e. The fraction of sp³-hybridized carbons (Fsp3) is 0.529. The molecule has 3 rings (SSSR count). The summed E-state index contributed by atoms with van der Waals surface area (Å²) in [6.07, 6.45) is 2.92. The SMILES string of the molecule is CC(C)CSc1nnc(-c2cccc(S(=O)(=O)N3CCCCC3)c2)o1. The van der Waals surface area contributed by atoms with E-state index in [1.807, 2.05) is 0 Å². The van der Waals surface area contributed by atoms with E-state index in [-0.39, 0.29) is 4.90 Å². The summed E-state index contributed by atoms with van der Waals surface area (Å²) in [6, 6.07) is 6.75. The average Bonchev–Trinajstić information content (AvgIpc) is 3.10. The molecular weight excluding hydrogens is 358 g/mol. The van der Waals surface area contributed by atoms with E-state index in [4.69, 9.17) is 4.42 Å². The molecule has 0 saturated carbocycles. The van der Waals surface area contributed by atoms with Crippen LogP contribution in [0.3, 0.4) is 0 Å². The molecular formula is C17H23N3O3S2. The summed E-state index contributed by atoms with van der Waals surface area (Å²) < 4.78 is 32.8. The molecule has 0 amide bonds. The average molecular weight is 382 g/mol. The summed E-state index contributed by atoms with van der Waals surface area (Å²) in [4.78, 5) is 0.279. The monoisotopic (exact) mass is 381 g/mol. The molecule has 0 bridgehead atoms. The lowest BCUT2D eigenvalue weighted by molar-refractivity contribution is 0.346. The molecule has 2 heterocycles. The van der Waals surface area contributed by atoms with Crippen LogP contribution in [-0.2, 0) is 10.0 Å². The Morgan fingerprint density at radius 2 is 1.96 bits per heavy atom. The van der Waals surface area contributed by atoms with E-state index < -0.39 is 10.0 Å². The highest BCUT2D eigenvalue weighted by Crippen LogP contribution is 2.27. The normalized spacial score (nSPS) is 16.4. The quantitative estimate of drug-likeness (QED) is 0.711. The molecule has 0 N–H and O–H groups in total. The van der Waals surface area contributed by atoms with Crippen LogP contribution in [0.25, 0.3) is 11.5 Å². The Balaban J connectivity index is 1.82. The second kappa shape index (κ2) is 7.88. The zero-order chi connectivity index (χ0) is 17.9. The zero-order valence-electron chi connectivity index (χ0n) is 14.5. The first kappa shape index (κ1) is 18.4. The minimum absolute atomic E-state index is 0.279. The molecule has 0 unspecified atom stereocenters. The summed E-state index contributed by atoms with van der Waals surface area (Å²) in [7, 11) is -3.47. The fourth-order valence-corrected chi connectivity index (χ4v) is 4.94. The molecule has 6 nitrogen and oxygen atoms in total. The van der Waals surface area contributed by atoms with Crippen molar-refractivity contribution in [1.82, 2.24) is 14.5 Å². The molecule has 1 fully saturated rings. The van der Waals surface area contributed by atoms with Crippen LogP contribution < -0.4 is 0 Å². The van der Waals surface area contributed by atoms with Crippen molar-refractivity contribution >= 4 is 21.8 Å². The second-order valence-electron chi connectivity index (χ2n) is 6.57. The van der Waals surface area contributed by atoms with Gasteiger partial charge in [-0.15, -0.1) is 10.2 Å². The minimum atomic E-state index is -3.47. The van der Waals surface area contributed by atoms with Gasteiger partial charge in [0.2, 0.25) is 15.9 Å². The van der Waals surface area contributed by atoms with Gasteiger partial charge in [0.25, 0.3) is 5.22 Å². The molecule has 1 aromatic heterocycles. The molecule has 8 heteroatoms. The minimum Gasteiger partial charge on any atom is -0.411 e. The van der Waals surface area contributed by atoms with E-state index >= 15 is 0 Å². The molecule has 0 spiro atoms. The highest BCUT2D eigenvalue weighted by Gasteiger charge is 2.26. The fourth-order valence-electron chi connectivity index (χ4n) is 2.67. The third kappa shape index (κ3) is 4.43. The molecule has 1 aliphatic rings. The Kier molecular flexibility index (Phi) is 5.81. The van der Waals surface area contributed by atoms with Gasteiger partial charge in [0.05, 0.1) is 4.90 Å². The van der Waals surface area contributed by atoms with Crippen molar-refractivity contribution in [3.05, 3.63) is 24.3 Å². The molecule has 1 aliphatic heterocycles. The maximum absolute atomic E-state index is 12.8. The van der Waals surface area contributed by atoms with Gasteiger partial charge in [0, 0.05) is 24.4 Å². The number of nitrogens with zero attached hydrogens (tertiary/aromatic N) is 3. The first-order valence-corrected chi connectivity index (χ1v) is 11.0. The summed E-state index contributed by atoms with van der Waals surface area (Å²) in [5.41, 5.74) is 0.627. The van der Waals surface area contributed by atoms with Crippen molar-refractivity contribution in [2.75, 3.05) is 18.8 Å². The van der Waals surface area contributed by atoms with Gasteiger partial charge in [-0.2, -0.15) is 4.31 Å². The molecule has 136 valence electrons. The van der Waals surface area contributed by atoms with Crippen molar-refractivity contribution in [2.24, 2.45) is 5.92 Å². The van der Waals surface area contributed by atoms with Crippen molar-refractivity contribution in [3.63, 3.8) is 0 Å². The largest absolute Gasteiger partial charge is 0.411 e. The summed E-state index contributed by atoms with van der Waals surface area (Å²) in [5.74, 6) is 1.77. The lowest BCUT2D eigenvalue weighted by Gasteiger charge is -2.25. The number of aromatic nitrogens is 2. The van der Waals surface area contributed by atoms with Crippen LogP contribution in [0.5, 0.6) is 0 Å². The molecule has 2 aromatic rings. The number of piperidine rings is 1. The highest BCUT2D eigenvalue weighted by molar-refractivity contribution is 7.99. The topological polar surface area (TPSA) is 76.3 Å². The van der Waals surface area contributed by atoms with Crippen LogP contribution >= 0.6 is 11.8 Å². The molecule has 0 aliphatic carbocycles. The number of rotatable bonds is 6. The first-order chi connectivity index (χ1) is 12.0. The van der Waals surface area contributed by atoms with E-state index in [2.05, 4.69) is 24.0 Å². The van der Waals surface area contributed by atoms with E-state index in [0.717, 1.165) is 25.0 Å². The summed E-state index contributed by atoms with van der Waals surface area (Å²) >= 11 is 1.51. The Hall–Kier alpha value is -1.38. The van der Waals surface area contributed by atoms with Crippen LogP contribution in [-0.4, -0.2) is 41.8 Å². The Bertz CT molecular complexity index is 812. The lowest BCUT2D eigenvalue weighted by Crippen LogP contribution is -2.35. The van der Waals surface area contributed by atoms with Gasteiger partial charge in [-0.05, 0) is 37.0 Å². The van der Waals surface area contributed by atoms with Gasteiger partial charge in [-0.3, -0.25) is 0 Å². The summed E-state index contributed by atoms with van der Waals surface area (Å²) in [6.45, 7) is 5.42. The van der Waals surface area contributed by atoms with E-state index in [1.54, 1.807) is 28.6 Å². The number of hydrogen-bond donors (Lipinski definition) is 0. The van der Waals surface area contributed by atoms with E-state index in [0.29, 0.717) is 35.7 Å². The Morgan fingerprint density at radius 1 is 1.20 bits per heavy atom. The van der Waals surface area contributed by atoms with Gasteiger partial charge in [-0.1, -0.05) is 38.1 Å². The molecule has 0 atom stereocenters. The Labute approximate surface area is 153 Å². The third-order valence-electron chi connectivity index (χ3n) is 3.98. The molecule has 25 heavy (non-hydrogen) atoms. The molecule has 1 saturated heterocycles.